The molecule has 0 saturated carbocycles. The second-order valence-electron chi connectivity index (χ2n) is 4.75. The van der Waals surface area contributed by atoms with Gasteiger partial charge < -0.3 is 20.7 Å². The summed E-state index contributed by atoms with van der Waals surface area (Å²) in [6.45, 7) is 1.84. The van der Waals surface area contributed by atoms with E-state index < -0.39 is 17.6 Å². The fourth-order valence-corrected chi connectivity index (χ4v) is 1.76. The van der Waals surface area contributed by atoms with Crippen molar-refractivity contribution < 1.29 is 22.7 Å². The van der Waals surface area contributed by atoms with Gasteiger partial charge in [0, 0.05) is 39.4 Å². The number of rotatable bonds is 7. The summed E-state index contributed by atoms with van der Waals surface area (Å²) in [5, 5.41) is 8.60. The number of carbonyl (C=O) groups is 1. The molecule has 0 bridgehead atoms. The molecule has 0 heterocycles. The lowest BCUT2D eigenvalue weighted by atomic mass is 10.1. The highest BCUT2D eigenvalue weighted by atomic mass is 127. The summed E-state index contributed by atoms with van der Waals surface area (Å²) < 4.78 is 42.3. The van der Waals surface area contributed by atoms with Crippen molar-refractivity contribution >= 4 is 35.8 Å². The first-order chi connectivity index (χ1) is 11.4. The molecule has 0 saturated heterocycles. The summed E-state index contributed by atoms with van der Waals surface area (Å²) in [7, 11) is 3.21. The molecule has 10 heteroatoms. The molecule has 0 aliphatic carbocycles. The molecule has 0 aliphatic rings. The molecule has 0 aromatic heterocycles. The van der Waals surface area contributed by atoms with Gasteiger partial charge in [0.05, 0.1) is 12.2 Å². The first-order valence-corrected chi connectivity index (χ1v) is 7.27. The number of carbonyl (C=O) groups excluding carboxylic acids is 1. The quantitative estimate of drug-likeness (QED) is 0.244. The molecule has 142 valence electrons. The van der Waals surface area contributed by atoms with Crippen LogP contribution in [0.5, 0.6) is 0 Å². The van der Waals surface area contributed by atoms with E-state index >= 15 is 0 Å². The maximum atomic E-state index is 12.5. The number of hydrogen-bond acceptors (Lipinski definition) is 3. The van der Waals surface area contributed by atoms with Crippen LogP contribution in [0.15, 0.2) is 29.3 Å². The van der Waals surface area contributed by atoms with Crippen LogP contribution in [0.2, 0.25) is 0 Å². The third-order valence-corrected chi connectivity index (χ3v) is 3.00. The zero-order valence-corrected chi connectivity index (χ0v) is 16.3. The molecule has 0 unspecified atom stereocenters. The van der Waals surface area contributed by atoms with Crippen LogP contribution in [-0.4, -0.2) is 52.3 Å². The van der Waals surface area contributed by atoms with Gasteiger partial charge in [-0.05, 0) is 24.3 Å². The average Bonchev–Trinajstić information content (AvgIpc) is 2.56. The fraction of sp³-hybridized carbons (Fsp3) is 0.467. The van der Waals surface area contributed by atoms with E-state index in [1.165, 1.54) is 0 Å². The highest BCUT2D eigenvalue weighted by Crippen LogP contribution is 2.28. The maximum Gasteiger partial charge on any atom is 0.416 e. The molecule has 0 aliphatic heterocycles. The molecule has 6 nitrogen and oxygen atoms in total. The van der Waals surface area contributed by atoms with Crippen LogP contribution >= 0.6 is 24.0 Å². The predicted octanol–water partition coefficient (Wildman–Crippen LogP) is 1.86. The zero-order chi connectivity index (χ0) is 18.0. The molecule has 1 amide bonds. The number of amides is 1. The molecule has 1 rings (SSSR count). The highest BCUT2D eigenvalue weighted by Gasteiger charge is 2.30. The Morgan fingerprint density at radius 1 is 1.08 bits per heavy atom. The standard InChI is InChI=1S/C15H21F3N4O2.HI/c1-19-14(22-9-10-24-2)21-8-7-20-13(23)11-3-5-12(6-4-11)15(16,17)18;/h3-6H,7-10H2,1-2H3,(H,20,23)(H2,19,21,22);1H. The van der Waals surface area contributed by atoms with Crippen LogP contribution in [0.1, 0.15) is 15.9 Å². The molecule has 25 heavy (non-hydrogen) atoms. The van der Waals surface area contributed by atoms with Crippen LogP contribution in [-0.2, 0) is 10.9 Å². The minimum absolute atomic E-state index is 0. The number of guanidine groups is 1. The Bertz CT molecular complexity index is 551. The smallest absolute Gasteiger partial charge is 0.383 e. The van der Waals surface area contributed by atoms with Gasteiger partial charge >= 0.3 is 6.18 Å². The van der Waals surface area contributed by atoms with E-state index in [9.17, 15) is 18.0 Å². The van der Waals surface area contributed by atoms with Crippen molar-refractivity contribution in [1.82, 2.24) is 16.0 Å². The van der Waals surface area contributed by atoms with E-state index in [2.05, 4.69) is 20.9 Å². The third-order valence-electron chi connectivity index (χ3n) is 3.00. The summed E-state index contributed by atoms with van der Waals surface area (Å²) in [5.74, 6) is 0.128. The van der Waals surface area contributed by atoms with E-state index in [0.29, 0.717) is 32.2 Å². The number of nitrogens with one attached hydrogen (secondary N) is 3. The molecular formula is C15H22F3IN4O2. The maximum absolute atomic E-state index is 12.5. The Morgan fingerprint density at radius 3 is 2.16 bits per heavy atom. The number of nitrogens with zero attached hydrogens (tertiary/aromatic N) is 1. The molecule has 0 fully saturated rings. The van der Waals surface area contributed by atoms with Crippen molar-refractivity contribution in [3.63, 3.8) is 0 Å². The first kappa shape index (κ1) is 23.4. The van der Waals surface area contributed by atoms with E-state index in [1.807, 2.05) is 0 Å². The lowest BCUT2D eigenvalue weighted by molar-refractivity contribution is -0.137. The van der Waals surface area contributed by atoms with E-state index in [1.54, 1.807) is 14.2 Å². The van der Waals surface area contributed by atoms with Crippen molar-refractivity contribution in [2.45, 2.75) is 6.18 Å². The highest BCUT2D eigenvalue weighted by molar-refractivity contribution is 14.0. The predicted molar refractivity (Wildman–Crippen MR) is 100 cm³/mol. The normalized spacial score (nSPS) is 11.5. The van der Waals surface area contributed by atoms with Gasteiger partial charge in [0.15, 0.2) is 5.96 Å². The minimum Gasteiger partial charge on any atom is -0.383 e. The fourth-order valence-electron chi connectivity index (χ4n) is 1.76. The van der Waals surface area contributed by atoms with Crippen molar-refractivity contribution in [2.24, 2.45) is 4.99 Å². The van der Waals surface area contributed by atoms with Crippen LogP contribution < -0.4 is 16.0 Å². The van der Waals surface area contributed by atoms with E-state index in [-0.39, 0.29) is 29.5 Å². The summed E-state index contributed by atoms with van der Waals surface area (Å²) >= 11 is 0. The SMILES string of the molecule is CN=C(NCCNC(=O)c1ccc(C(F)(F)F)cc1)NCCOC.I. The van der Waals surface area contributed by atoms with E-state index in [4.69, 9.17) is 4.74 Å². The van der Waals surface area contributed by atoms with Crippen molar-refractivity contribution in [3.8, 4) is 0 Å². The van der Waals surface area contributed by atoms with Crippen LogP contribution in [0.25, 0.3) is 0 Å². The van der Waals surface area contributed by atoms with Gasteiger partial charge in [0.1, 0.15) is 0 Å². The summed E-state index contributed by atoms with van der Waals surface area (Å²) in [5.41, 5.74) is -0.614. The summed E-state index contributed by atoms with van der Waals surface area (Å²) in [4.78, 5) is 15.8. The van der Waals surface area contributed by atoms with Gasteiger partial charge in [0.2, 0.25) is 0 Å². The monoisotopic (exact) mass is 474 g/mol. The topological polar surface area (TPSA) is 74.8 Å². The Balaban J connectivity index is 0.00000576. The lowest BCUT2D eigenvalue weighted by Gasteiger charge is -2.12. The van der Waals surface area contributed by atoms with Crippen LogP contribution in [0.4, 0.5) is 13.2 Å². The van der Waals surface area contributed by atoms with Crippen molar-refractivity contribution in [2.75, 3.05) is 40.4 Å². The van der Waals surface area contributed by atoms with Crippen LogP contribution in [0.3, 0.4) is 0 Å². The Hall–Kier alpha value is -1.56. The van der Waals surface area contributed by atoms with E-state index in [0.717, 1.165) is 24.3 Å². The van der Waals surface area contributed by atoms with Gasteiger partial charge in [0.25, 0.3) is 5.91 Å². The molecule has 1 aromatic carbocycles. The minimum atomic E-state index is -4.41. The van der Waals surface area contributed by atoms with Gasteiger partial charge in [-0.1, -0.05) is 0 Å². The van der Waals surface area contributed by atoms with Gasteiger partial charge in [-0.25, -0.2) is 0 Å². The number of benzene rings is 1. The third kappa shape index (κ3) is 8.91. The number of aliphatic imine (C=N–C) groups is 1. The lowest BCUT2D eigenvalue weighted by Crippen LogP contribution is -2.42. The molecule has 1 aromatic rings. The second-order valence-corrected chi connectivity index (χ2v) is 4.75. The van der Waals surface area contributed by atoms with Crippen molar-refractivity contribution in [1.29, 1.82) is 0 Å². The average molecular weight is 474 g/mol. The number of ether oxygens (including phenoxy) is 1. The number of hydrogen-bond donors (Lipinski definition) is 3. The largest absolute Gasteiger partial charge is 0.416 e. The molecular weight excluding hydrogens is 452 g/mol. The van der Waals surface area contributed by atoms with Gasteiger partial charge in [-0.15, -0.1) is 24.0 Å². The first-order valence-electron chi connectivity index (χ1n) is 7.27. The van der Waals surface area contributed by atoms with Crippen molar-refractivity contribution in [3.05, 3.63) is 35.4 Å². The molecule has 3 N–H and O–H groups in total. The summed E-state index contributed by atoms with van der Waals surface area (Å²) in [6.07, 6.45) is -4.41. The second kappa shape index (κ2) is 11.9. The molecule has 0 atom stereocenters. The number of halogens is 4. The van der Waals surface area contributed by atoms with Crippen LogP contribution in [0, 0.1) is 0 Å². The number of alkyl halides is 3. The number of methoxy groups -OCH3 is 1. The summed E-state index contributed by atoms with van der Waals surface area (Å²) in [6, 6.07) is 4.07. The van der Waals surface area contributed by atoms with Gasteiger partial charge in [-0.3, -0.25) is 9.79 Å². The zero-order valence-electron chi connectivity index (χ0n) is 13.9. The Labute approximate surface area is 161 Å². The molecule has 0 spiro atoms. The Kier molecular flexibility index (Phi) is 11.2. The molecule has 0 radical (unpaired) electrons. The Morgan fingerprint density at radius 2 is 1.64 bits per heavy atom. The van der Waals surface area contributed by atoms with Gasteiger partial charge in [-0.2, -0.15) is 13.2 Å².